The molecule has 4 heteroatoms. The van der Waals surface area contributed by atoms with E-state index in [1.807, 2.05) is 29.2 Å². The number of para-hydroxylation sites is 2. The molecule has 0 atom stereocenters. The summed E-state index contributed by atoms with van der Waals surface area (Å²) in [6.45, 7) is 0.893. The minimum absolute atomic E-state index is 0.606. The molecule has 1 aliphatic heterocycles. The summed E-state index contributed by atoms with van der Waals surface area (Å²) in [6.07, 6.45) is 0. The highest BCUT2D eigenvalue weighted by molar-refractivity contribution is 8.14. The highest BCUT2D eigenvalue weighted by atomic mass is 32.2. The number of hydrogen-bond acceptors (Lipinski definition) is 3. The van der Waals surface area contributed by atoms with Gasteiger partial charge in [0.25, 0.3) is 0 Å². The van der Waals surface area contributed by atoms with Crippen molar-refractivity contribution >= 4 is 22.6 Å². The lowest BCUT2D eigenvalue weighted by atomic mass is 10.2. The van der Waals surface area contributed by atoms with Crippen molar-refractivity contribution in [2.75, 3.05) is 24.3 Å². The van der Waals surface area contributed by atoms with Gasteiger partial charge >= 0.3 is 0 Å². The topological polar surface area (TPSA) is 36.3 Å². The summed E-state index contributed by atoms with van der Waals surface area (Å²) in [5.41, 5.74) is 0.991. The van der Waals surface area contributed by atoms with Crippen LogP contribution in [-0.2, 0) is 0 Å². The third-order valence-electron chi connectivity index (χ3n) is 2.17. The molecule has 0 bridgehead atoms. The van der Waals surface area contributed by atoms with E-state index < -0.39 is 0 Å². The molecule has 0 saturated carbocycles. The SMILES string of the molecule is COc1ccccc1N1CCSC1=N. The second-order valence-electron chi connectivity index (χ2n) is 2.98. The van der Waals surface area contributed by atoms with E-state index in [0.29, 0.717) is 5.17 Å². The molecule has 0 unspecified atom stereocenters. The summed E-state index contributed by atoms with van der Waals surface area (Å²) in [7, 11) is 1.66. The van der Waals surface area contributed by atoms with Gasteiger partial charge in [-0.25, -0.2) is 0 Å². The number of hydrogen-bond donors (Lipinski definition) is 1. The molecule has 1 saturated heterocycles. The Hall–Kier alpha value is -1.16. The van der Waals surface area contributed by atoms with Crippen LogP contribution in [0, 0.1) is 5.41 Å². The van der Waals surface area contributed by atoms with Crippen LogP contribution in [-0.4, -0.2) is 24.6 Å². The van der Waals surface area contributed by atoms with Gasteiger partial charge in [0.05, 0.1) is 12.8 Å². The highest BCUT2D eigenvalue weighted by Gasteiger charge is 2.21. The largest absolute Gasteiger partial charge is 0.495 e. The summed E-state index contributed by atoms with van der Waals surface area (Å²) < 4.78 is 5.26. The standard InChI is InChI=1S/C10H12N2OS/c1-13-9-5-3-2-4-8(9)12-6-7-14-10(12)11/h2-5,11H,6-7H2,1H3. The second kappa shape index (κ2) is 3.92. The fourth-order valence-corrected chi connectivity index (χ4v) is 2.31. The van der Waals surface area contributed by atoms with Gasteiger partial charge in [-0.1, -0.05) is 23.9 Å². The first-order chi connectivity index (χ1) is 6.83. The Morgan fingerprint density at radius 3 is 2.86 bits per heavy atom. The van der Waals surface area contributed by atoms with Crippen LogP contribution in [0.1, 0.15) is 0 Å². The quantitative estimate of drug-likeness (QED) is 0.809. The van der Waals surface area contributed by atoms with Gasteiger partial charge in [-0.05, 0) is 12.1 Å². The lowest BCUT2D eigenvalue weighted by Gasteiger charge is -2.19. The maximum absolute atomic E-state index is 7.75. The Morgan fingerprint density at radius 2 is 2.21 bits per heavy atom. The van der Waals surface area contributed by atoms with E-state index in [-0.39, 0.29) is 0 Å². The molecular formula is C10H12N2OS. The molecule has 1 aromatic rings. The predicted molar refractivity (Wildman–Crippen MR) is 60.5 cm³/mol. The summed E-state index contributed by atoms with van der Waals surface area (Å²) in [5.74, 6) is 1.82. The Labute approximate surface area is 87.6 Å². The number of anilines is 1. The Kier molecular flexibility index (Phi) is 2.63. The third kappa shape index (κ3) is 1.57. The molecule has 0 spiro atoms. The molecular weight excluding hydrogens is 196 g/mol. The number of methoxy groups -OCH3 is 1. The molecule has 1 heterocycles. The highest BCUT2D eigenvalue weighted by Crippen LogP contribution is 2.32. The van der Waals surface area contributed by atoms with E-state index in [4.69, 9.17) is 10.1 Å². The van der Waals surface area contributed by atoms with Crippen LogP contribution in [0.5, 0.6) is 5.75 Å². The monoisotopic (exact) mass is 208 g/mol. The van der Waals surface area contributed by atoms with E-state index in [1.54, 1.807) is 18.9 Å². The number of rotatable bonds is 2. The van der Waals surface area contributed by atoms with Crippen molar-refractivity contribution < 1.29 is 4.74 Å². The zero-order valence-corrected chi connectivity index (χ0v) is 8.80. The average Bonchev–Trinajstić information content (AvgIpc) is 2.64. The van der Waals surface area contributed by atoms with E-state index >= 15 is 0 Å². The maximum Gasteiger partial charge on any atom is 0.161 e. The lowest BCUT2D eigenvalue weighted by Crippen LogP contribution is -2.23. The number of amidine groups is 1. The van der Waals surface area contributed by atoms with Crippen LogP contribution in [0.15, 0.2) is 24.3 Å². The molecule has 2 rings (SSSR count). The average molecular weight is 208 g/mol. The van der Waals surface area contributed by atoms with Crippen molar-refractivity contribution in [3.05, 3.63) is 24.3 Å². The van der Waals surface area contributed by atoms with Crippen molar-refractivity contribution in [2.45, 2.75) is 0 Å². The van der Waals surface area contributed by atoms with Gasteiger partial charge in [0.15, 0.2) is 5.17 Å². The van der Waals surface area contributed by atoms with Gasteiger partial charge in [-0.15, -0.1) is 0 Å². The van der Waals surface area contributed by atoms with Crippen molar-refractivity contribution in [1.29, 1.82) is 5.41 Å². The Morgan fingerprint density at radius 1 is 1.43 bits per heavy atom. The predicted octanol–water partition coefficient (Wildman–Crippen LogP) is 2.18. The van der Waals surface area contributed by atoms with Crippen LogP contribution < -0.4 is 9.64 Å². The van der Waals surface area contributed by atoms with Gasteiger partial charge in [-0.2, -0.15) is 0 Å². The number of ether oxygens (including phenoxy) is 1. The second-order valence-corrected chi connectivity index (χ2v) is 4.06. The number of nitrogens with one attached hydrogen (secondary N) is 1. The van der Waals surface area contributed by atoms with Crippen LogP contribution in [0.3, 0.4) is 0 Å². The summed E-state index contributed by atoms with van der Waals surface area (Å²) >= 11 is 1.57. The number of nitrogens with zero attached hydrogens (tertiary/aromatic N) is 1. The molecule has 74 valence electrons. The molecule has 0 amide bonds. The summed E-state index contributed by atoms with van der Waals surface area (Å²) in [4.78, 5) is 1.98. The van der Waals surface area contributed by atoms with Crippen LogP contribution in [0.2, 0.25) is 0 Å². The zero-order chi connectivity index (χ0) is 9.97. The molecule has 1 fully saturated rings. The van der Waals surface area contributed by atoms with E-state index in [2.05, 4.69) is 0 Å². The van der Waals surface area contributed by atoms with Crippen molar-refractivity contribution in [2.24, 2.45) is 0 Å². The molecule has 0 aromatic heterocycles. The van der Waals surface area contributed by atoms with Crippen molar-refractivity contribution in [3.63, 3.8) is 0 Å². The number of benzene rings is 1. The summed E-state index contributed by atoms with van der Waals surface area (Å²) in [6, 6.07) is 7.81. The third-order valence-corrected chi connectivity index (χ3v) is 3.06. The van der Waals surface area contributed by atoms with Crippen LogP contribution >= 0.6 is 11.8 Å². The molecule has 1 N–H and O–H groups in total. The first kappa shape index (κ1) is 9.40. The fraction of sp³-hybridized carbons (Fsp3) is 0.300. The Balaban J connectivity index is 2.35. The fourth-order valence-electron chi connectivity index (χ4n) is 1.50. The molecule has 1 aromatic carbocycles. The first-order valence-electron chi connectivity index (χ1n) is 4.45. The van der Waals surface area contributed by atoms with Gasteiger partial charge in [0, 0.05) is 12.3 Å². The van der Waals surface area contributed by atoms with E-state index in [9.17, 15) is 0 Å². The van der Waals surface area contributed by atoms with Gasteiger partial charge in [0.2, 0.25) is 0 Å². The normalized spacial score (nSPS) is 16.1. The van der Waals surface area contributed by atoms with Gasteiger partial charge in [-0.3, -0.25) is 5.41 Å². The molecule has 1 aliphatic rings. The molecule has 0 aliphatic carbocycles. The van der Waals surface area contributed by atoms with Gasteiger partial charge in [0.1, 0.15) is 5.75 Å². The zero-order valence-electron chi connectivity index (χ0n) is 7.99. The smallest absolute Gasteiger partial charge is 0.161 e. The molecule has 3 nitrogen and oxygen atoms in total. The minimum Gasteiger partial charge on any atom is -0.495 e. The summed E-state index contributed by atoms with van der Waals surface area (Å²) in [5, 5.41) is 8.35. The Bertz CT molecular complexity index is 354. The van der Waals surface area contributed by atoms with Crippen molar-refractivity contribution in [3.8, 4) is 5.75 Å². The molecule has 0 radical (unpaired) electrons. The first-order valence-corrected chi connectivity index (χ1v) is 5.43. The number of thioether (sulfide) groups is 1. The molecule has 14 heavy (non-hydrogen) atoms. The van der Waals surface area contributed by atoms with Crippen LogP contribution in [0.25, 0.3) is 0 Å². The van der Waals surface area contributed by atoms with Crippen molar-refractivity contribution in [1.82, 2.24) is 0 Å². The lowest BCUT2D eigenvalue weighted by molar-refractivity contribution is 0.415. The van der Waals surface area contributed by atoms with E-state index in [1.165, 1.54) is 0 Å². The van der Waals surface area contributed by atoms with Crippen LogP contribution in [0.4, 0.5) is 5.69 Å². The van der Waals surface area contributed by atoms with E-state index in [0.717, 1.165) is 23.7 Å². The minimum atomic E-state index is 0.606. The maximum atomic E-state index is 7.75. The van der Waals surface area contributed by atoms with Gasteiger partial charge < -0.3 is 9.64 Å².